The lowest BCUT2D eigenvalue weighted by Gasteiger charge is -2.35. The summed E-state index contributed by atoms with van der Waals surface area (Å²) in [5.74, 6) is 0.514. The number of piperidine rings is 1. The fraction of sp³-hybridized carbons (Fsp3) is 1.00. The molecule has 0 amide bonds. The number of hydrogen-bond donors (Lipinski definition) is 1. The molecule has 0 bridgehead atoms. The van der Waals surface area contributed by atoms with Gasteiger partial charge in [-0.1, -0.05) is 0 Å². The van der Waals surface area contributed by atoms with Gasteiger partial charge >= 0.3 is 6.36 Å². The highest BCUT2D eigenvalue weighted by Crippen LogP contribution is 2.20. The summed E-state index contributed by atoms with van der Waals surface area (Å²) in [4.78, 5) is 2.05. The second-order valence-electron chi connectivity index (χ2n) is 4.57. The molecule has 1 rings (SSSR count). The Kier molecular flexibility index (Phi) is 5.69. The Hall–Kier alpha value is -0.330. The molecule has 1 N–H and O–H groups in total. The highest BCUT2D eigenvalue weighted by molar-refractivity contribution is 4.79. The maximum absolute atomic E-state index is 11.8. The molecule has 2 atom stereocenters. The maximum Gasteiger partial charge on any atom is 0.522 e. The highest BCUT2D eigenvalue weighted by atomic mass is 19.4. The quantitative estimate of drug-likeness (QED) is 0.810. The molecule has 0 radical (unpaired) electrons. The van der Waals surface area contributed by atoms with Crippen LogP contribution in [0.3, 0.4) is 0 Å². The predicted molar refractivity (Wildman–Crippen MR) is 59.7 cm³/mol. The third kappa shape index (κ3) is 5.70. The van der Waals surface area contributed by atoms with Gasteiger partial charge in [0.05, 0.1) is 6.61 Å². The number of likely N-dealkylation sites (tertiary alicyclic amines) is 1. The zero-order valence-corrected chi connectivity index (χ0v) is 10.4. The van der Waals surface area contributed by atoms with Crippen LogP contribution in [-0.2, 0) is 4.74 Å². The van der Waals surface area contributed by atoms with Crippen LogP contribution in [0.4, 0.5) is 13.2 Å². The van der Waals surface area contributed by atoms with Crippen molar-refractivity contribution >= 4 is 0 Å². The third-order valence-electron chi connectivity index (χ3n) is 3.38. The molecule has 1 heterocycles. The number of alkyl halides is 3. The standard InChI is InChI=1S/C11H21F3N2O/c1-9(15-2)10-4-3-5-16(8-10)6-7-17-11(12,13)14/h9-10,15H,3-8H2,1-2H3. The van der Waals surface area contributed by atoms with Crippen molar-refractivity contribution in [2.24, 2.45) is 5.92 Å². The summed E-state index contributed by atoms with van der Waals surface area (Å²) in [5, 5.41) is 3.20. The fourth-order valence-electron chi connectivity index (χ4n) is 2.23. The summed E-state index contributed by atoms with van der Waals surface area (Å²) >= 11 is 0. The van der Waals surface area contributed by atoms with E-state index in [0.717, 1.165) is 25.9 Å². The first-order chi connectivity index (χ1) is 7.92. The van der Waals surface area contributed by atoms with E-state index in [1.165, 1.54) is 0 Å². The molecule has 0 aromatic carbocycles. The van der Waals surface area contributed by atoms with Gasteiger partial charge in [-0.3, -0.25) is 4.74 Å². The van der Waals surface area contributed by atoms with Crippen LogP contribution in [0, 0.1) is 5.92 Å². The van der Waals surface area contributed by atoms with Gasteiger partial charge in [0.1, 0.15) is 0 Å². The van der Waals surface area contributed by atoms with Gasteiger partial charge in [-0.05, 0) is 39.3 Å². The van der Waals surface area contributed by atoms with Crippen LogP contribution in [0.15, 0.2) is 0 Å². The normalized spacial score (nSPS) is 24.9. The van der Waals surface area contributed by atoms with Gasteiger partial charge in [-0.25, -0.2) is 0 Å². The van der Waals surface area contributed by atoms with E-state index < -0.39 is 6.36 Å². The lowest BCUT2D eigenvalue weighted by molar-refractivity contribution is -0.325. The Morgan fingerprint density at radius 3 is 2.76 bits per heavy atom. The lowest BCUT2D eigenvalue weighted by Crippen LogP contribution is -2.44. The van der Waals surface area contributed by atoms with Crippen molar-refractivity contribution in [3.63, 3.8) is 0 Å². The van der Waals surface area contributed by atoms with Crippen LogP contribution in [-0.4, -0.2) is 50.6 Å². The van der Waals surface area contributed by atoms with E-state index in [-0.39, 0.29) is 6.61 Å². The lowest BCUT2D eigenvalue weighted by atomic mass is 9.92. The van der Waals surface area contributed by atoms with Crippen molar-refractivity contribution in [2.45, 2.75) is 32.2 Å². The van der Waals surface area contributed by atoms with E-state index in [1.807, 2.05) is 11.9 Å². The predicted octanol–water partition coefficient (Wildman–Crippen LogP) is 1.84. The average Bonchev–Trinajstić information content (AvgIpc) is 2.27. The Balaban J connectivity index is 2.25. The number of hydrogen-bond acceptors (Lipinski definition) is 3. The van der Waals surface area contributed by atoms with Crippen molar-refractivity contribution in [1.82, 2.24) is 10.2 Å². The molecule has 6 heteroatoms. The zero-order chi connectivity index (χ0) is 12.9. The molecular weight excluding hydrogens is 233 g/mol. The van der Waals surface area contributed by atoms with Crippen LogP contribution < -0.4 is 5.32 Å². The second-order valence-corrected chi connectivity index (χ2v) is 4.57. The van der Waals surface area contributed by atoms with Crippen LogP contribution in [0.5, 0.6) is 0 Å². The zero-order valence-electron chi connectivity index (χ0n) is 10.4. The maximum atomic E-state index is 11.8. The minimum absolute atomic E-state index is 0.274. The molecule has 3 nitrogen and oxygen atoms in total. The molecule has 2 unspecified atom stereocenters. The number of nitrogens with one attached hydrogen (secondary N) is 1. The minimum Gasteiger partial charge on any atom is -0.317 e. The van der Waals surface area contributed by atoms with Gasteiger partial charge in [0.15, 0.2) is 0 Å². The van der Waals surface area contributed by atoms with Crippen LogP contribution >= 0.6 is 0 Å². The molecular formula is C11H21F3N2O. The van der Waals surface area contributed by atoms with E-state index in [9.17, 15) is 13.2 Å². The van der Waals surface area contributed by atoms with Crippen LogP contribution in [0.2, 0.25) is 0 Å². The van der Waals surface area contributed by atoms with Gasteiger partial charge in [-0.2, -0.15) is 0 Å². The van der Waals surface area contributed by atoms with E-state index >= 15 is 0 Å². The van der Waals surface area contributed by atoms with Crippen molar-refractivity contribution < 1.29 is 17.9 Å². The summed E-state index contributed by atoms with van der Waals surface area (Å²) < 4.78 is 39.3. The van der Waals surface area contributed by atoms with E-state index in [4.69, 9.17) is 0 Å². The largest absolute Gasteiger partial charge is 0.522 e. The van der Waals surface area contributed by atoms with Crippen molar-refractivity contribution in [1.29, 1.82) is 0 Å². The SMILES string of the molecule is CNC(C)C1CCCN(CCOC(F)(F)F)C1. The Labute approximate surface area is 100 Å². The molecule has 0 spiro atoms. The average molecular weight is 254 g/mol. The van der Waals surface area contributed by atoms with Gasteiger partial charge in [0.25, 0.3) is 0 Å². The van der Waals surface area contributed by atoms with E-state index in [0.29, 0.717) is 18.5 Å². The minimum atomic E-state index is -4.51. The summed E-state index contributed by atoms with van der Waals surface area (Å²) in [7, 11) is 1.91. The first kappa shape index (κ1) is 14.7. The van der Waals surface area contributed by atoms with Gasteiger partial charge in [0.2, 0.25) is 0 Å². The highest BCUT2D eigenvalue weighted by Gasteiger charge is 2.29. The first-order valence-electron chi connectivity index (χ1n) is 6.02. The molecule has 102 valence electrons. The van der Waals surface area contributed by atoms with Crippen molar-refractivity contribution in [3.05, 3.63) is 0 Å². The Morgan fingerprint density at radius 1 is 1.47 bits per heavy atom. The number of nitrogens with zero attached hydrogens (tertiary/aromatic N) is 1. The topological polar surface area (TPSA) is 24.5 Å². The molecule has 0 aromatic heterocycles. The third-order valence-corrected chi connectivity index (χ3v) is 3.38. The molecule has 1 aliphatic rings. The van der Waals surface area contributed by atoms with Gasteiger partial charge < -0.3 is 10.2 Å². The molecule has 0 aromatic rings. The smallest absolute Gasteiger partial charge is 0.317 e. The van der Waals surface area contributed by atoms with Gasteiger partial charge in [0, 0.05) is 19.1 Å². The van der Waals surface area contributed by atoms with Crippen LogP contribution in [0.25, 0.3) is 0 Å². The number of rotatable bonds is 5. The molecule has 17 heavy (non-hydrogen) atoms. The fourth-order valence-corrected chi connectivity index (χ4v) is 2.23. The molecule has 0 saturated carbocycles. The monoisotopic (exact) mass is 254 g/mol. The van der Waals surface area contributed by atoms with Crippen molar-refractivity contribution in [3.8, 4) is 0 Å². The Morgan fingerprint density at radius 2 is 2.18 bits per heavy atom. The van der Waals surface area contributed by atoms with E-state index in [2.05, 4.69) is 17.0 Å². The Bertz CT molecular complexity index is 223. The number of halogens is 3. The molecule has 0 aliphatic carbocycles. The molecule has 1 saturated heterocycles. The van der Waals surface area contributed by atoms with Crippen LogP contribution in [0.1, 0.15) is 19.8 Å². The van der Waals surface area contributed by atoms with E-state index in [1.54, 1.807) is 0 Å². The second kappa shape index (κ2) is 6.56. The number of ether oxygens (including phenoxy) is 1. The van der Waals surface area contributed by atoms with Crippen molar-refractivity contribution in [2.75, 3.05) is 33.3 Å². The summed E-state index contributed by atoms with van der Waals surface area (Å²) in [6.07, 6.45) is -2.32. The molecule has 1 aliphatic heterocycles. The first-order valence-corrected chi connectivity index (χ1v) is 6.02. The summed E-state index contributed by atoms with van der Waals surface area (Å²) in [5.41, 5.74) is 0. The van der Waals surface area contributed by atoms with Gasteiger partial charge in [-0.15, -0.1) is 13.2 Å². The summed E-state index contributed by atoms with van der Waals surface area (Å²) in [6.45, 7) is 3.91. The summed E-state index contributed by atoms with van der Waals surface area (Å²) in [6, 6.07) is 0.404. The molecule has 1 fully saturated rings.